The number of anilines is 1. The third kappa shape index (κ3) is 3.46. The van der Waals surface area contributed by atoms with Gasteiger partial charge in [-0.2, -0.15) is 0 Å². The predicted octanol–water partition coefficient (Wildman–Crippen LogP) is 2.64. The molecular weight excluding hydrogens is 310 g/mol. The van der Waals surface area contributed by atoms with Crippen molar-refractivity contribution in [3.63, 3.8) is 0 Å². The minimum atomic E-state index is -1.14. The van der Waals surface area contributed by atoms with E-state index in [9.17, 15) is 19.5 Å². The number of nitrogens with one attached hydrogen (secondary N) is 1. The van der Waals surface area contributed by atoms with Crippen molar-refractivity contribution in [3.05, 3.63) is 40.9 Å². The van der Waals surface area contributed by atoms with Gasteiger partial charge in [-0.25, -0.2) is 4.79 Å². The second-order valence-corrected chi connectivity index (χ2v) is 5.39. The maximum atomic E-state index is 12.3. The number of halogens is 1. The number of carboxylic acids is 2. The Morgan fingerprint density at radius 2 is 1.73 bits per heavy atom. The number of carboxylic acid groups (broad SMARTS) is 2. The molecule has 0 bridgehead atoms. The first kappa shape index (κ1) is 16.0. The molecule has 0 saturated heterocycles. The Hall–Kier alpha value is -2.34. The van der Waals surface area contributed by atoms with Crippen molar-refractivity contribution in [2.24, 2.45) is 11.8 Å². The van der Waals surface area contributed by atoms with Gasteiger partial charge in [0.05, 0.1) is 28.1 Å². The van der Waals surface area contributed by atoms with Crippen molar-refractivity contribution in [3.8, 4) is 0 Å². The summed E-state index contributed by atoms with van der Waals surface area (Å²) >= 11 is 5.94. The molecule has 1 aromatic carbocycles. The zero-order valence-electron chi connectivity index (χ0n) is 11.5. The Labute approximate surface area is 131 Å². The fraction of sp³-hybridized carbons (Fsp3) is 0.267. The first-order valence-corrected chi connectivity index (χ1v) is 6.99. The molecule has 6 nitrogen and oxygen atoms in total. The summed E-state index contributed by atoms with van der Waals surface area (Å²) in [5.41, 5.74) is 0.142. The summed E-state index contributed by atoms with van der Waals surface area (Å²) in [5.74, 6) is -4.18. The van der Waals surface area contributed by atoms with E-state index in [-0.39, 0.29) is 22.7 Å². The summed E-state index contributed by atoms with van der Waals surface area (Å²) in [6.07, 6.45) is 4.11. The third-order valence-corrected chi connectivity index (χ3v) is 3.89. The standard InChI is InChI=1S/C15H14ClNO5/c16-11-6-5-8(14(19)20)7-12(11)17-13(18)9-3-1-2-4-10(9)15(21)22/h1-2,5-7,9-10H,3-4H2,(H,17,18)(H,19,20)(H,21,22). The van der Waals surface area contributed by atoms with Crippen LogP contribution in [-0.4, -0.2) is 28.1 Å². The van der Waals surface area contributed by atoms with Crippen LogP contribution in [0.4, 0.5) is 5.69 Å². The lowest BCUT2D eigenvalue weighted by molar-refractivity contribution is -0.146. The highest BCUT2D eigenvalue weighted by Gasteiger charge is 2.34. The molecule has 0 spiro atoms. The maximum absolute atomic E-state index is 12.3. The molecule has 2 atom stereocenters. The van der Waals surface area contributed by atoms with E-state index in [1.807, 2.05) is 0 Å². The number of carbonyl (C=O) groups is 3. The van der Waals surface area contributed by atoms with Gasteiger partial charge in [0.2, 0.25) is 5.91 Å². The SMILES string of the molecule is O=C(O)c1ccc(Cl)c(NC(=O)C2CC=CCC2C(=O)O)c1. The van der Waals surface area contributed by atoms with Gasteiger partial charge in [0.1, 0.15) is 0 Å². The molecule has 0 radical (unpaired) electrons. The third-order valence-electron chi connectivity index (χ3n) is 3.56. The lowest BCUT2D eigenvalue weighted by Crippen LogP contribution is -2.34. The van der Waals surface area contributed by atoms with E-state index in [0.717, 1.165) is 0 Å². The predicted molar refractivity (Wildman–Crippen MR) is 80.0 cm³/mol. The lowest BCUT2D eigenvalue weighted by Gasteiger charge is -2.24. The molecule has 1 aromatic rings. The Morgan fingerprint density at radius 3 is 2.32 bits per heavy atom. The average molecular weight is 324 g/mol. The second-order valence-electron chi connectivity index (χ2n) is 4.98. The molecule has 3 N–H and O–H groups in total. The number of amides is 1. The summed E-state index contributed by atoms with van der Waals surface area (Å²) < 4.78 is 0. The van der Waals surface area contributed by atoms with Gasteiger partial charge in [0.15, 0.2) is 0 Å². The average Bonchev–Trinajstić information content (AvgIpc) is 2.49. The molecule has 7 heteroatoms. The zero-order chi connectivity index (χ0) is 16.3. The second kappa shape index (κ2) is 6.62. The summed E-state index contributed by atoms with van der Waals surface area (Å²) in [4.78, 5) is 34.5. The lowest BCUT2D eigenvalue weighted by atomic mass is 9.82. The molecule has 2 unspecified atom stereocenters. The number of aliphatic carboxylic acids is 1. The normalized spacial score (nSPS) is 20.4. The van der Waals surface area contributed by atoms with Crippen LogP contribution in [0.3, 0.4) is 0 Å². The van der Waals surface area contributed by atoms with Crippen molar-refractivity contribution < 1.29 is 24.6 Å². The van der Waals surface area contributed by atoms with Gasteiger partial charge in [-0.3, -0.25) is 9.59 Å². The Kier molecular flexibility index (Phi) is 4.82. The highest BCUT2D eigenvalue weighted by atomic mass is 35.5. The molecule has 0 heterocycles. The summed E-state index contributed by atoms with van der Waals surface area (Å²) in [7, 11) is 0. The van der Waals surface area contributed by atoms with E-state index in [0.29, 0.717) is 6.42 Å². The van der Waals surface area contributed by atoms with Crippen LogP contribution in [0.2, 0.25) is 5.02 Å². The van der Waals surface area contributed by atoms with Gasteiger partial charge in [0.25, 0.3) is 0 Å². The molecule has 0 saturated carbocycles. The number of rotatable bonds is 4. The van der Waals surface area contributed by atoms with Crippen LogP contribution in [-0.2, 0) is 9.59 Å². The number of carbonyl (C=O) groups excluding carboxylic acids is 1. The van der Waals surface area contributed by atoms with Gasteiger partial charge in [0, 0.05) is 0 Å². The van der Waals surface area contributed by atoms with Gasteiger partial charge in [-0.05, 0) is 31.0 Å². The molecule has 0 fully saturated rings. The van der Waals surface area contributed by atoms with Gasteiger partial charge >= 0.3 is 11.9 Å². The fourth-order valence-corrected chi connectivity index (χ4v) is 2.52. The van der Waals surface area contributed by atoms with Crippen LogP contribution in [0.15, 0.2) is 30.4 Å². The minimum Gasteiger partial charge on any atom is -0.481 e. The van der Waals surface area contributed by atoms with Crippen LogP contribution in [0.1, 0.15) is 23.2 Å². The van der Waals surface area contributed by atoms with Crippen LogP contribution in [0.25, 0.3) is 0 Å². The van der Waals surface area contributed by atoms with E-state index in [1.165, 1.54) is 18.2 Å². The molecule has 0 aromatic heterocycles. The number of hydrogen-bond acceptors (Lipinski definition) is 3. The smallest absolute Gasteiger partial charge is 0.335 e. The molecule has 22 heavy (non-hydrogen) atoms. The van der Waals surface area contributed by atoms with E-state index in [2.05, 4.69) is 5.32 Å². The molecule has 2 rings (SSSR count). The number of hydrogen-bond donors (Lipinski definition) is 3. The van der Waals surface area contributed by atoms with Crippen molar-refractivity contribution in [2.75, 3.05) is 5.32 Å². The zero-order valence-corrected chi connectivity index (χ0v) is 12.2. The Bertz CT molecular complexity index is 655. The van der Waals surface area contributed by atoms with E-state index < -0.39 is 29.7 Å². The number of allylic oxidation sites excluding steroid dienone is 2. The molecule has 1 aliphatic rings. The first-order valence-electron chi connectivity index (χ1n) is 6.61. The quantitative estimate of drug-likeness (QED) is 0.739. The van der Waals surface area contributed by atoms with Crippen molar-refractivity contribution in [2.45, 2.75) is 12.8 Å². The number of aromatic carboxylic acids is 1. The van der Waals surface area contributed by atoms with Crippen molar-refractivity contribution in [1.82, 2.24) is 0 Å². The largest absolute Gasteiger partial charge is 0.481 e. The molecule has 1 amide bonds. The fourth-order valence-electron chi connectivity index (χ4n) is 2.36. The maximum Gasteiger partial charge on any atom is 0.335 e. The highest BCUT2D eigenvalue weighted by Crippen LogP contribution is 2.29. The van der Waals surface area contributed by atoms with Gasteiger partial charge in [-0.1, -0.05) is 23.8 Å². The summed E-state index contributed by atoms with van der Waals surface area (Å²) in [5, 5.41) is 20.9. The van der Waals surface area contributed by atoms with E-state index in [1.54, 1.807) is 12.2 Å². The highest BCUT2D eigenvalue weighted by molar-refractivity contribution is 6.33. The van der Waals surface area contributed by atoms with Crippen molar-refractivity contribution >= 4 is 35.1 Å². The topological polar surface area (TPSA) is 104 Å². The Balaban J connectivity index is 2.21. The molecular formula is C15H14ClNO5. The summed E-state index contributed by atoms with van der Waals surface area (Å²) in [6, 6.07) is 3.94. The van der Waals surface area contributed by atoms with Gasteiger partial charge in [-0.15, -0.1) is 0 Å². The molecule has 1 aliphatic carbocycles. The first-order chi connectivity index (χ1) is 10.4. The monoisotopic (exact) mass is 323 g/mol. The van der Waals surface area contributed by atoms with Crippen LogP contribution < -0.4 is 5.32 Å². The van der Waals surface area contributed by atoms with Crippen LogP contribution in [0.5, 0.6) is 0 Å². The van der Waals surface area contributed by atoms with E-state index >= 15 is 0 Å². The van der Waals surface area contributed by atoms with E-state index in [4.69, 9.17) is 16.7 Å². The number of benzene rings is 1. The van der Waals surface area contributed by atoms with Crippen LogP contribution in [0, 0.1) is 11.8 Å². The van der Waals surface area contributed by atoms with Crippen molar-refractivity contribution in [1.29, 1.82) is 0 Å². The molecule has 0 aliphatic heterocycles. The minimum absolute atomic E-state index is 0.0157. The Morgan fingerprint density at radius 1 is 1.09 bits per heavy atom. The van der Waals surface area contributed by atoms with Gasteiger partial charge < -0.3 is 15.5 Å². The molecule has 116 valence electrons. The summed E-state index contributed by atoms with van der Waals surface area (Å²) in [6.45, 7) is 0. The van der Waals surface area contributed by atoms with Crippen LogP contribution >= 0.6 is 11.6 Å².